The highest BCUT2D eigenvalue weighted by Gasteiger charge is 2.66. The molecule has 0 radical (unpaired) electrons. The molecule has 0 aromatic heterocycles. The lowest BCUT2D eigenvalue weighted by Crippen LogP contribution is -2.63. The summed E-state index contributed by atoms with van der Waals surface area (Å²) >= 11 is 0. The Morgan fingerprint density at radius 1 is 1.08 bits per heavy atom. The molecule has 4 aliphatic rings. The maximum atomic E-state index is 11.7. The van der Waals surface area contributed by atoms with Gasteiger partial charge in [0.15, 0.2) is 5.79 Å². The van der Waals surface area contributed by atoms with E-state index in [-0.39, 0.29) is 47.1 Å². The summed E-state index contributed by atoms with van der Waals surface area (Å²) in [7, 11) is 1.43. The fraction of sp³-hybridized carbons (Fsp3) is 0.966. The van der Waals surface area contributed by atoms with Crippen molar-refractivity contribution in [1.82, 2.24) is 0 Å². The average Bonchev–Trinajstić information content (AvgIpc) is 3.20. The molecule has 0 aromatic rings. The molecule has 208 valence electrons. The Hall–Kier alpha value is -0.730. The van der Waals surface area contributed by atoms with Gasteiger partial charge in [-0.25, -0.2) is 0 Å². The molecule has 7 nitrogen and oxygen atoms in total. The van der Waals surface area contributed by atoms with E-state index in [0.29, 0.717) is 57.0 Å². The molecule has 0 aromatic carbocycles. The van der Waals surface area contributed by atoms with Crippen molar-refractivity contribution >= 4 is 5.97 Å². The van der Waals surface area contributed by atoms with E-state index in [9.17, 15) is 20.1 Å². The number of ether oxygens (including phenoxy) is 2. The van der Waals surface area contributed by atoms with Crippen LogP contribution >= 0.6 is 0 Å². The van der Waals surface area contributed by atoms with E-state index in [1.807, 2.05) is 0 Å². The Morgan fingerprint density at radius 3 is 2.53 bits per heavy atom. The van der Waals surface area contributed by atoms with Gasteiger partial charge in [0.25, 0.3) is 0 Å². The van der Waals surface area contributed by atoms with Crippen molar-refractivity contribution in [3.63, 3.8) is 0 Å². The smallest absolute Gasteiger partial charge is 0.305 e. The number of esters is 1. The van der Waals surface area contributed by atoms with Crippen LogP contribution in [0.25, 0.3) is 0 Å². The minimum absolute atomic E-state index is 0.0402. The first-order chi connectivity index (χ1) is 17.0. The Labute approximate surface area is 216 Å². The SMILES string of the molecule is COC(=O)CC[C@@H](C)[C@H]1CC[C@H]2[C@@H]3[C@H](O)C[C@@H]4C[C@@](O)(OCCCCO)CC[C@]4(C)[C@H]3C[C@H](O)[C@]12C. The van der Waals surface area contributed by atoms with Gasteiger partial charge in [-0.05, 0) is 97.7 Å². The molecule has 0 heterocycles. The van der Waals surface area contributed by atoms with Crippen molar-refractivity contribution in [2.45, 2.75) is 109 Å². The minimum Gasteiger partial charge on any atom is -0.469 e. The number of carbonyl (C=O) groups is 1. The van der Waals surface area contributed by atoms with E-state index in [1.54, 1.807) is 0 Å². The summed E-state index contributed by atoms with van der Waals surface area (Å²) in [4.78, 5) is 11.7. The Morgan fingerprint density at radius 2 is 1.83 bits per heavy atom. The monoisotopic (exact) mass is 510 g/mol. The first-order valence-corrected chi connectivity index (χ1v) is 14.4. The predicted octanol–water partition coefficient (Wildman–Crippen LogP) is 3.65. The number of unbranched alkanes of at least 4 members (excludes halogenated alkanes) is 1. The van der Waals surface area contributed by atoms with Gasteiger partial charge in [0.05, 0.1) is 25.9 Å². The molecule has 4 saturated carbocycles. The topological polar surface area (TPSA) is 116 Å². The molecular formula is C29H50O7. The Bertz CT molecular complexity index is 775. The Kier molecular flexibility index (Phi) is 8.48. The summed E-state index contributed by atoms with van der Waals surface area (Å²) in [6.07, 6.45) is 7.01. The predicted molar refractivity (Wildman–Crippen MR) is 136 cm³/mol. The van der Waals surface area contributed by atoms with Crippen LogP contribution in [0.3, 0.4) is 0 Å². The van der Waals surface area contributed by atoms with Crippen LogP contribution in [0.2, 0.25) is 0 Å². The first kappa shape index (κ1) is 28.3. The lowest BCUT2D eigenvalue weighted by molar-refractivity contribution is -0.273. The highest BCUT2D eigenvalue weighted by atomic mass is 16.6. The van der Waals surface area contributed by atoms with E-state index in [2.05, 4.69) is 20.8 Å². The number of hydrogen-bond donors (Lipinski definition) is 4. The summed E-state index contributed by atoms with van der Waals surface area (Å²) in [5, 5.41) is 43.5. The largest absolute Gasteiger partial charge is 0.469 e. The van der Waals surface area contributed by atoms with Gasteiger partial charge in [0.2, 0.25) is 0 Å². The molecule has 0 aliphatic heterocycles. The molecule has 4 rings (SSSR count). The van der Waals surface area contributed by atoms with Crippen molar-refractivity contribution in [3.8, 4) is 0 Å². The first-order valence-electron chi connectivity index (χ1n) is 14.4. The number of methoxy groups -OCH3 is 1. The third-order valence-electron chi connectivity index (χ3n) is 11.5. The second-order valence-electron chi connectivity index (χ2n) is 13.1. The van der Waals surface area contributed by atoms with Crippen molar-refractivity contribution in [1.29, 1.82) is 0 Å². The zero-order valence-corrected chi connectivity index (χ0v) is 22.8. The molecule has 36 heavy (non-hydrogen) atoms. The van der Waals surface area contributed by atoms with E-state index >= 15 is 0 Å². The van der Waals surface area contributed by atoms with Crippen LogP contribution in [-0.2, 0) is 14.3 Å². The van der Waals surface area contributed by atoms with Gasteiger partial charge in [-0.3, -0.25) is 4.79 Å². The van der Waals surface area contributed by atoms with Crippen molar-refractivity contribution in [3.05, 3.63) is 0 Å². The molecule has 7 heteroatoms. The van der Waals surface area contributed by atoms with Crippen LogP contribution in [0.4, 0.5) is 0 Å². The van der Waals surface area contributed by atoms with Gasteiger partial charge in [0, 0.05) is 25.9 Å². The highest BCUT2D eigenvalue weighted by Crippen LogP contribution is 2.69. The maximum absolute atomic E-state index is 11.7. The van der Waals surface area contributed by atoms with Crippen LogP contribution in [-0.4, -0.2) is 64.7 Å². The van der Waals surface area contributed by atoms with E-state index in [1.165, 1.54) is 7.11 Å². The maximum Gasteiger partial charge on any atom is 0.305 e. The van der Waals surface area contributed by atoms with E-state index < -0.39 is 18.0 Å². The molecule has 0 saturated heterocycles. The number of rotatable bonds is 9. The lowest BCUT2D eigenvalue weighted by Gasteiger charge is -2.64. The molecule has 0 unspecified atom stereocenters. The van der Waals surface area contributed by atoms with Crippen LogP contribution in [0, 0.1) is 46.3 Å². The van der Waals surface area contributed by atoms with Gasteiger partial charge < -0.3 is 29.9 Å². The van der Waals surface area contributed by atoms with Gasteiger partial charge in [-0.2, -0.15) is 0 Å². The van der Waals surface area contributed by atoms with E-state index in [0.717, 1.165) is 32.1 Å². The van der Waals surface area contributed by atoms with Gasteiger partial charge in [-0.1, -0.05) is 20.8 Å². The summed E-state index contributed by atoms with van der Waals surface area (Å²) in [5.41, 5.74) is -0.298. The third-order valence-corrected chi connectivity index (χ3v) is 11.5. The Balaban J connectivity index is 1.49. The molecule has 4 fully saturated rings. The second kappa shape index (κ2) is 10.8. The molecule has 0 bridgehead atoms. The van der Waals surface area contributed by atoms with Crippen molar-refractivity contribution in [2.75, 3.05) is 20.3 Å². The molecule has 11 atom stereocenters. The summed E-state index contributed by atoms with van der Waals surface area (Å²) in [6, 6.07) is 0. The quantitative estimate of drug-likeness (QED) is 0.213. The van der Waals surface area contributed by atoms with Crippen LogP contribution in [0.1, 0.15) is 91.4 Å². The van der Waals surface area contributed by atoms with Crippen LogP contribution < -0.4 is 0 Å². The summed E-state index contributed by atoms with van der Waals surface area (Å²) in [6.45, 7) is 7.34. The zero-order valence-electron chi connectivity index (χ0n) is 22.8. The number of fused-ring (bicyclic) bond motifs is 5. The van der Waals surface area contributed by atoms with Gasteiger partial charge >= 0.3 is 5.97 Å². The molecular weight excluding hydrogens is 460 g/mol. The summed E-state index contributed by atoms with van der Waals surface area (Å²) in [5.74, 6) is 0.0881. The number of carbonyl (C=O) groups excluding carboxylic acids is 1. The third kappa shape index (κ3) is 4.88. The second-order valence-corrected chi connectivity index (χ2v) is 13.1. The highest BCUT2D eigenvalue weighted by molar-refractivity contribution is 5.69. The van der Waals surface area contributed by atoms with Crippen LogP contribution in [0.15, 0.2) is 0 Å². The molecule has 0 spiro atoms. The van der Waals surface area contributed by atoms with Gasteiger partial charge in [-0.15, -0.1) is 0 Å². The zero-order chi connectivity index (χ0) is 26.3. The standard InChI is InChI=1S/C29H50O7/c1-18(7-10-25(33)35-4)20-8-9-21-26-22(16-24(32)28(20,21)3)27(2)11-12-29(34,36-14-6-5-13-30)17-19(27)15-23(26)31/h18-24,26,30-32,34H,5-17H2,1-4H3/t18-,19-,20-,21+,22+,23-,24+,26+,27+,28-,29+/m1/s1. The average molecular weight is 511 g/mol. The number of aliphatic hydroxyl groups is 4. The normalized spacial score (nSPS) is 46.9. The molecule has 0 amide bonds. The minimum atomic E-state index is -1.17. The number of hydrogen-bond acceptors (Lipinski definition) is 7. The fourth-order valence-electron chi connectivity index (χ4n) is 9.37. The van der Waals surface area contributed by atoms with Gasteiger partial charge in [0.1, 0.15) is 0 Å². The molecule has 4 N–H and O–H groups in total. The van der Waals surface area contributed by atoms with E-state index in [4.69, 9.17) is 14.6 Å². The lowest BCUT2D eigenvalue weighted by atomic mass is 9.43. The number of aliphatic hydroxyl groups excluding tert-OH is 3. The molecule has 4 aliphatic carbocycles. The van der Waals surface area contributed by atoms with Crippen molar-refractivity contribution < 1.29 is 34.7 Å². The fourth-order valence-corrected chi connectivity index (χ4v) is 9.37. The van der Waals surface area contributed by atoms with Crippen molar-refractivity contribution in [2.24, 2.45) is 46.3 Å². The van der Waals surface area contributed by atoms with Crippen LogP contribution in [0.5, 0.6) is 0 Å². The summed E-state index contributed by atoms with van der Waals surface area (Å²) < 4.78 is 10.8.